The molecule has 0 unspecified atom stereocenters. The van der Waals surface area contributed by atoms with E-state index < -0.39 is 4.92 Å². The van der Waals surface area contributed by atoms with Gasteiger partial charge in [0.25, 0.3) is 0 Å². The highest BCUT2D eigenvalue weighted by atomic mass is 79.9. The lowest BCUT2D eigenvalue weighted by Crippen LogP contribution is -2.49. The first kappa shape index (κ1) is 15.3. The molecule has 8 heteroatoms. The van der Waals surface area contributed by atoms with Crippen LogP contribution in [0.5, 0.6) is 0 Å². The highest BCUT2D eigenvalue weighted by Crippen LogP contribution is 2.21. The zero-order chi connectivity index (χ0) is 12.3. The average Bonchev–Trinajstić information content (AvgIpc) is 2.30. The van der Waals surface area contributed by atoms with Crippen molar-refractivity contribution in [2.24, 2.45) is 0 Å². The molecule has 0 spiro atoms. The molecule has 100 valence electrons. The van der Waals surface area contributed by atoms with E-state index >= 15 is 0 Å². The van der Waals surface area contributed by atoms with Crippen LogP contribution in [0.15, 0.2) is 16.7 Å². The first-order valence-electron chi connectivity index (χ1n) is 5.39. The van der Waals surface area contributed by atoms with Gasteiger partial charge in [-0.05, 0) is 38.3 Å². The normalized spacial score (nSPS) is 19.1. The smallest absolute Gasteiger partial charge is 0.358 e. The predicted octanol–water partition coefficient (Wildman–Crippen LogP) is 1.28. The molecule has 1 aromatic heterocycles. The van der Waals surface area contributed by atoms with Crippen LogP contribution in [-0.4, -0.2) is 35.6 Å². The number of nitrogens with one attached hydrogen (secondary N) is 2. The maximum Gasteiger partial charge on any atom is 0.366 e. The monoisotopic (exact) mass is 336 g/mol. The Hall–Kier alpha value is -0.760. The summed E-state index contributed by atoms with van der Waals surface area (Å²) >= 11 is 3.29. The van der Waals surface area contributed by atoms with Crippen LogP contribution in [0.1, 0.15) is 5.56 Å². The van der Waals surface area contributed by atoms with Crippen molar-refractivity contribution in [1.82, 2.24) is 15.6 Å². The molecule has 2 N–H and O–H groups in total. The van der Waals surface area contributed by atoms with E-state index in [-0.39, 0.29) is 24.3 Å². The van der Waals surface area contributed by atoms with Crippen LogP contribution in [-0.2, 0) is 6.42 Å². The molecule has 0 aliphatic carbocycles. The molecule has 18 heavy (non-hydrogen) atoms. The van der Waals surface area contributed by atoms with E-state index in [9.17, 15) is 10.1 Å². The van der Waals surface area contributed by atoms with Gasteiger partial charge in [-0.2, -0.15) is 0 Å². The van der Waals surface area contributed by atoms with Gasteiger partial charge in [0.1, 0.15) is 0 Å². The van der Waals surface area contributed by atoms with E-state index in [1.54, 1.807) is 6.07 Å². The first-order valence-corrected chi connectivity index (χ1v) is 6.19. The minimum atomic E-state index is -0.433. The molecule has 1 saturated heterocycles. The molecule has 1 aliphatic heterocycles. The van der Waals surface area contributed by atoms with Crippen molar-refractivity contribution in [1.29, 1.82) is 0 Å². The molecule has 0 bridgehead atoms. The maximum absolute atomic E-state index is 10.9. The summed E-state index contributed by atoms with van der Waals surface area (Å²) in [6.45, 7) is 2.65. The fourth-order valence-electron chi connectivity index (χ4n) is 1.91. The van der Waals surface area contributed by atoms with E-state index in [4.69, 9.17) is 0 Å². The first-order chi connectivity index (χ1) is 8.16. The Kier molecular flexibility index (Phi) is 5.94. The largest absolute Gasteiger partial charge is 0.366 e. The summed E-state index contributed by atoms with van der Waals surface area (Å²) in [5, 5.41) is 17.4. The van der Waals surface area contributed by atoms with Crippen molar-refractivity contribution in [2.75, 3.05) is 19.6 Å². The molecule has 2 heterocycles. The predicted molar refractivity (Wildman–Crippen MR) is 74.2 cm³/mol. The van der Waals surface area contributed by atoms with Crippen molar-refractivity contribution in [3.05, 3.63) is 32.4 Å². The number of rotatable bonds is 3. The zero-order valence-corrected chi connectivity index (χ0v) is 12.0. The zero-order valence-electron chi connectivity index (χ0n) is 9.56. The van der Waals surface area contributed by atoms with E-state index in [1.165, 1.54) is 6.20 Å². The number of aromatic nitrogens is 1. The Bertz CT molecular complexity index is 426. The van der Waals surface area contributed by atoms with Crippen molar-refractivity contribution >= 4 is 34.2 Å². The summed E-state index contributed by atoms with van der Waals surface area (Å²) in [5.41, 5.74) is 0.658. The Labute approximate surface area is 119 Å². The van der Waals surface area contributed by atoms with Crippen molar-refractivity contribution in [3.8, 4) is 0 Å². The molecule has 1 aromatic rings. The maximum atomic E-state index is 10.9. The van der Waals surface area contributed by atoms with Gasteiger partial charge in [-0.15, -0.1) is 12.4 Å². The minimum Gasteiger partial charge on any atom is -0.358 e. The Morgan fingerprint density at radius 2 is 2.33 bits per heavy atom. The molecular weight excluding hydrogens is 323 g/mol. The molecule has 0 saturated carbocycles. The lowest BCUT2D eigenvalue weighted by atomic mass is 10.1. The van der Waals surface area contributed by atoms with E-state index in [1.807, 2.05) is 0 Å². The molecular formula is C10H14BrClN4O2. The average molecular weight is 338 g/mol. The molecule has 1 aliphatic rings. The minimum absolute atomic E-state index is 0. The fourth-order valence-corrected chi connectivity index (χ4v) is 2.29. The molecule has 0 aromatic carbocycles. The summed E-state index contributed by atoms with van der Waals surface area (Å²) in [6.07, 6.45) is 2.06. The lowest BCUT2D eigenvalue weighted by Gasteiger charge is -2.24. The number of hydrogen-bond donors (Lipinski definition) is 2. The second-order valence-corrected chi connectivity index (χ2v) is 4.87. The summed E-state index contributed by atoms with van der Waals surface area (Å²) in [4.78, 5) is 14.3. The van der Waals surface area contributed by atoms with Crippen LogP contribution in [0.2, 0.25) is 0 Å². The van der Waals surface area contributed by atoms with Crippen LogP contribution < -0.4 is 10.6 Å². The van der Waals surface area contributed by atoms with Crippen molar-refractivity contribution < 1.29 is 4.92 Å². The van der Waals surface area contributed by atoms with E-state index in [2.05, 4.69) is 31.5 Å². The third-order valence-electron chi connectivity index (χ3n) is 2.67. The fraction of sp³-hybridized carbons (Fsp3) is 0.500. The van der Waals surface area contributed by atoms with Crippen LogP contribution in [0.4, 0.5) is 5.82 Å². The van der Waals surface area contributed by atoms with Crippen LogP contribution >= 0.6 is 28.3 Å². The third kappa shape index (κ3) is 3.88. The highest BCUT2D eigenvalue weighted by molar-refractivity contribution is 9.10. The number of nitro groups is 1. The molecule has 6 nitrogen and oxygen atoms in total. The number of halogens is 2. The van der Waals surface area contributed by atoms with Gasteiger partial charge in [0.15, 0.2) is 6.20 Å². The molecule has 1 fully saturated rings. The Morgan fingerprint density at radius 1 is 1.56 bits per heavy atom. The quantitative estimate of drug-likeness (QED) is 0.641. The number of hydrogen-bond acceptors (Lipinski definition) is 5. The SMILES string of the molecule is Cl.O=[N+]([O-])c1ncc(Br)cc1C[C@H]1CNCCN1. The topological polar surface area (TPSA) is 80.1 Å². The number of pyridine rings is 1. The van der Waals surface area contributed by atoms with Gasteiger partial charge >= 0.3 is 5.82 Å². The number of nitrogens with zero attached hydrogens (tertiary/aromatic N) is 2. The van der Waals surface area contributed by atoms with Crippen LogP contribution in [0.3, 0.4) is 0 Å². The standard InChI is InChI=1S/C10H13BrN4O2.ClH/c11-8-3-7(10(14-5-8)15(16)17)4-9-6-12-1-2-13-9;/h3,5,9,12-13H,1-2,4,6H2;1H/t9-;/m0./s1. The van der Waals surface area contributed by atoms with Gasteiger partial charge in [0.05, 0.1) is 10.0 Å². The molecule has 1 atom stereocenters. The van der Waals surface area contributed by atoms with Crippen molar-refractivity contribution in [2.45, 2.75) is 12.5 Å². The highest BCUT2D eigenvalue weighted by Gasteiger charge is 2.20. The van der Waals surface area contributed by atoms with E-state index in [0.29, 0.717) is 12.0 Å². The second kappa shape index (κ2) is 6.98. The van der Waals surface area contributed by atoms with Crippen LogP contribution in [0.25, 0.3) is 0 Å². The Morgan fingerprint density at radius 3 is 2.94 bits per heavy atom. The van der Waals surface area contributed by atoms with Gasteiger partial charge in [-0.1, -0.05) is 0 Å². The van der Waals surface area contributed by atoms with Gasteiger partial charge in [0, 0.05) is 25.7 Å². The molecule has 0 radical (unpaired) electrons. The number of piperazine rings is 1. The third-order valence-corrected chi connectivity index (χ3v) is 3.11. The van der Waals surface area contributed by atoms with Crippen LogP contribution in [0, 0.1) is 10.1 Å². The summed E-state index contributed by atoms with van der Waals surface area (Å²) in [6, 6.07) is 1.99. The van der Waals surface area contributed by atoms with E-state index in [0.717, 1.165) is 24.1 Å². The van der Waals surface area contributed by atoms with Crippen molar-refractivity contribution in [3.63, 3.8) is 0 Å². The summed E-state index contributed by atoms with van der Waals surface area (Å²) < 4.78 is 0.766. The lowest BCUT2D eigenvalue weighted by molar-refractivity contribution is -0.390. The van der Waals surface area contributed by atoms with Gasteiger partial charge in [-0.25, -0.2) is 0 Å². The van der Waals surface area contributed by atoms with Gasteiger partial charge in [0.2, 0.25) is 0 Å². The molecule has 2 rings (SSSR count). The van der Waals surface area contributed by atoms with Gasteiger partial charge < -0.3 is 20.7 Å². The Balaban J connectivity index is 0.00000162. The summed E-state index contributed by atoms with van der Waals surface area (Å²) in [7, 11) is 0. The second-order valence-electron chi connectivity index (χ2n) is 3.95. The summed E-state index contributed by atoms with van der Waals surface area (Å²) in [5.74, 6) is -0.0550. The molecule has 0 amide bonds. The van der Waals surface area contributed by atoms with Gasteiger partial charge in [-0.3, -0.25) is 0 Å².